The molecular weight excluding hydrogens is 537 g/mol. The lowest BCUT2D eigenvalue weighted by Gasteiger charge is -2.33. The number of carbonyl (C=O) groups excluding carboxylic acids is 2. The molecule has 11 heteroatoms. The summed E-state index contributed by atoms with van der Waals surface area (Å²) in [7, 11) is -2.38. The monoisotopic (exact) mass is 569 g/mol. The van der Waals surface area contributed by atoms with Gasteiger partial charge in [-0.05, 0) is 44.0 Å². The molecule has 1 saturated carbocycles. The van der Waals surface area contributed by atoms with E-state index >= 15 is 0 Å². The Balaban J connectivity index is 1.92. The Kier molecular flexibility index (Phi) is 10.1. The Morgan fingerprint density at radius 2 is 1.70 bits per heavy atom. The zero-order valence-electron chi connectivity index (χ0n) is 21.2. The van der Waals surface area contributed by atoms with Gasteiger partial charge in [-0.15, -0.1) is 0 Å². The van der Waals surface area contributed by atoms with Gasteiger partial charge in [0.25, 0.3) is 0 Å². The van der Waals surface area contributed by atoms with Gasteiger partial charge in [0.2, 0.25) is 21.8 Å². The Labute approximate surface area is 228 Å². The van der Waals surface area contributed by atoms with Gasteiger partial charge in [-0.25, -0.2) is 8.42 Å². The number of methoxy groups -OCH3 is 1. The van der Waals surface area contributed by atoms with Crippen LogP contribution in [0.4, 0.5) is 5.69 Å². The predicted molar refractivity (Wildman–Crippen MR) is 147 cm³/mol. The van der Waals surface area contributed by atoms with Crippen LogP contribution in [0.15, 0.2) is 42.5 Å². The van der Waals surface area contributed by atoms with E-state index < -0.39 is 28.5 Å². The minimum Gasteiger partial charge on any atom is -0.497 e. The molecule has 2 aromatic rings. The number of anilines is 1. The minimum absolute atomic E-state index is 0.0499. The molecule has 0 radical (unpaired) electrons. The van der Waals surface area contributed by atoms with E-state index in [0.29, 0.717) is 21.4 Å². The molecule has 0 saturated heterocycles. The van der Waals surface area contributed by atoms with Gasteiger partial charge in [-0.2, -0.15) is 0 Å². The molecule has 0 bridgehead atoms. The number of ether oxygens (including phenoxy) is 1. The van der Waals surface area contributed by atoms with E-state index in [2.05, 4.69) is 5.32 Å². The summed E-state index contributed by atoms with van der Waals surface area (Å²) in [5.74, 6) is -0.440. The summed E-state index contributed by atoms with van der Waals surface area (Å²) in [5, 5.41) is 3.74. The minimum atomic E-state index is -3.85. The van der Waals surface area contributed by atoms with Gasteiger partial charge in [0.15, 0.2) is 0 Å². The molecule has 202 valence electrons. The second-order valence-corrected chi connectivity index (χ2v) is 11.9. The summed E-state index contributed by atoms with van der Waals surface area (Å²) in [4.78, 5) is 28.3. The zero-order chi connectivity index (χ0) is 27.2. The molecule has 0 spiro atoms. The van der Waals surface area contributed by atoms with E-state index in [0.717, 1.165) is 42.7 Å². The van der Waals surface area contributed by atoms with Gasteiger partial charge in [0.1, 0.15) is 18.3 Å². The molecular formula is C26H33Cl2N3O5S. The lowest BCUT2D eigenvalue weighted by atomic mass is 9.95. The fourth-order valence-electron chi connectivity index (χ4n) is 4.38. The maximum atomic E-state index is 13.7. The van der Waals surface area contributed by atoms with Gasteiger partial charge in [-0.3, -0.25) is 13.9 Å². The van der Waals surface area contributed by atoms with Gasteiger partial charge >= 0.3 is 0 Å². The van der Waals surface area contributed by atoms with Gasteiger partial charge in [-0.1, -0.05) is 54.6 Å². The number of rotatable bonds is 10. The first-order valence-corrected chi connectivity index (χ1v) is 14.8. The third-order valence-corrected chi connectivity index (χ3v) is 8.38. The van der Waals surface area contributed by atoms with E-state index in [1.165, 1.54) is 18.1 Å². The van der Waals surface area contributed by atoms with Crippen molar-refractivity contribution in [1.29, 1.82) is 0 Å². The number of sulfonamides is 1. The standard InChI is InChI=1S/C26H33Cl2N3O5S/c1-18(26(33)29-19-9-5-4-6-10-19)30(16-22-23(27)13-8-14-24(22)28)25(32)17-31(37(3,34)35)20-11-7-12-21(15-20)36-2/h7-8,11-15,18-19H,4-6,9-10,16-17H2,1-3H3,(H,29,33)/t18-/m1/s1. The number of nitrogens with zero attached hydrogens (tertiary/aromatic N) is 2. The SMILES string of the molecule is COc1cccc(N(CC(=O)N(Cc2c(Cl)cccc2Cl)[C@H](C)C(=O)NC2CCCCC2)S(C)(=O)=O)c1. The molecule has 1 aliphatic carbocycles. The van der Waals surface area contributed by atoms with Crippen LogP contribution in [0.5, 0.6) is 5.75 Å². The zero-order valence-corrected chi connectivity index (χ0v) is 23.6. The van der Waals surface area contributed by atoms with Crippen LogP contribution in [0.3, 0.4) is 0 Å². The normalized spacial score (nSPS) is 15.1. The van der Waals surface area contributed by atoms with Crippen LogP contribution in [0.2, 0.25) is 10.0 Å². The van der Waals surface area contributed by atoms with Crippen LogP contribution in [0.25, 0.3) is 0 Å². The molecule has 1 atom stereocenters. The maximum Gasteiger partial charge on any atom is 0.244 e. The molecule has 0 aliphatic heterocycles. The fraction of sp³-hybridized carbons (Fsp3) is 0.462. The first kappa shape index (κ1) is 29.1. The van der Waals surface area contributed by atoms with Crippen molar-refractivity contribution in [2.45, 2.75) is 57.7 Å². The number of carbonyl (C=O) groups is 2. The van der Waals surface area contributed by atoms with Crippen molar-refractivity contribution in [2.75, 3.05) is 24.2 Å². The number of amides is 2. The van der Waals surface area contributed by atoms with E-state index in [4.69, 9.17) is 27.9 Å². The summed E-state index contributed by atoms with van der Waals surface area (Å²) in [6.07, 6.45) is 6.03. The molecule has 3 rings (SSSR count). The average molecular weight is 571 g/mol. The second-order valence-electron chi connectivity index (χ2n) is 9.21. The van der Waals surface area contributed by atoms with Crippen molar-refractivity contribution in [3.63, 3.8) is 0 Å². The van der Waals surface area contributed by atoms with Crippen molar-refractivity contribution in [3.8, 4) is 5.75 Å². The maximum absolute atomic E-state index is 13.7. The molecule has 1 aliphatic rings. The van der Waals surface area contributed by atoms with Crippen LogP contribution in [-0.2, 0) is 26.2 Å². The summed E-state index contributed by atoms with van der Waals surface area (Å²) < 4.78 is 31.6. The lowest BCUT2D eigenvalue weighted by molar-refractivity contribution is -0.139. The average Bonchev–Trinajstić information content (AvgIpc) is 2.86. The van der Waals surface area contributed by atoms with Crippen molar-refractivity contribution >= 4 is 50.7 Å². The van der Waals surface area contributed by atoms with Crippen molar-refractivity contribution in [2.24, 2.45) is 0 Å². The molecule has 0 aromatic heterocycles. The number of hydrogen-bond acceptors (Lipinski definition) is 5. The molecule has 2 amide bonds. The summed E-state index contributed by atoms with van der Waals surface area (Å²) in [6.45, 7) is 1.04. The molecule has 0 heterocycles. The van der Waals surface area contributed by atoms with Crippen molar-refractivity contribution in [3.05, 3.63) is 58.1 Å². The lowest BCUT2D eigenvalue weighted by Crippen LogP contribution is -2.53. The number of benzene rings is 2. The molecule has 1 fully saturated rings. The van der Waals surface area contributed by atoms with Crippen molar-refractivity contribution < 1.29 is 22.7 Å². The largest absolute Gasteiger partial charge is 0.497 e. The third kappa shape index (κ3) is 7.75. The first-order chi connectivity index (χ1) is 17.5. The highest BCUT2D eigenvalue weighted by molar-refractivity contribution is 7.92. The third-order valence-electron chi connectivity index (χ3n) is 6.53. The Bertz CT molecular complexity index is 1200. The van der Waals surface area contributed by atoms with Gasteiger partial charge < -0.3 is 15.0 Å². The van der Waals surface area contributed by atoms with E-state index in [-0.39, 0.29) is 24.2 Å². The Morgan fingerprint density at radius 3 is 2.30 bits per heavy atom. The topological polar surface area (TPSA) is 96.0 Å². The van der Waals surface area contributed by atoms with E-state index in [1.807, 2.05) is 0 Å². The molecule has 37 heavy (non-hydrogen) atoms. The van der Waals surface area contributed by atoms with Crippen LogP contribution in [0, 0.1) is 0 Å². The second kappa shape index (κ2) is 12.8. The fourth-order valence-corrected chi connectivity index (χ4v) is 5.74. The van der Waals surface area contributed by atoms with E-state index in [9.17, 15) is 18.0 Å². The van der Waals surface area contributed by atoms with Crippen LogP contribution in [-0.4, -0.2) is 57.1 Å². The Morgan fingerprint density at radius 1 is 1.08 bits per heavy atom. The van der Waals surface area contributed by atoms with Crippen LogP contribution < -0.4 is 14.4 Å². The molecule has 2 aromatic carbocycles. The van der Waals surface area contributed by atoms with Crippen LogP contribution in [0.1, 0.15) is 44.6 Å². The highest BCUT2D eigenvalue weighted by Crippen LogP contribution is 2.28. The van der Waals surface area contributed by atoms with E-state index in [1.54, 1.807) is 43.3 Å². The quantitative estimate of drug-likeness (QED) is 0.449. The summed E-state index contributed by atoms with van der Waals surface area (Å²) in [6, 6.07) is 10.6. The van der Waals surface area contributed by atoms with Gasteiger partial charge in [0, 0.05) is 34.3 Å². The summed E-state index contributed by atoms with van der Waals surface area (Å²) >= 11 is 12.8. The first-order valence-electron chi connectivity index (χ1n) is 12.2. The molecule has 1 N–H and O–H groups in total. The predicted octanol–water partition coefficient (Wildman–Crippen LogP) is 4.63. The number of hydrogen-bond donors (Lipinski definition) is 1. The Hall–Kier alpha value is -2.49. The highest BCUT2D eigenvalue weighted by atomic mass is 35.5. The van der Waals surface area contributed by atoms with Crippen LogP contribution >= 0.6 is 23.2 Å². The van der Waals surface area contributed by atoms with Crippen molar-refractivity contribution in [1.82, 2.24) is 10.2 Å². The summed E-state index contributed by atoms with van der Waals surface area (Å²) in [5.41, 5.74) is 0.744. The number of nitrogens with one attached hydrogen (secondary N) is 1. The highest BCUT2D eigenvalue weighted by Gasteiger charge is 2.32. The molecule has 8 nitrogen and oxygen atoms in total. The van der Waals surface area contributed by atoms with Gasteiger partial charge in [0.05, 0.1) is 19.1 Å². The number of halogens is 2. The molecule has 0 unspecified atom stereocenters. The smallest absolute Gasteiger partial charge is 0.244 e.